The summed E-state index contributed by atoms with van der Waals surface area (Å²) >= 11 is 6.44. The van der Waals surface area contributed by atoms with Gasteiger partial charge in [-0.15, -0.1) is 0 Å². The zero-order chi connectivity index (χ0) is 32.7. The van der Waals surface area contributed by atoms with Crippen LogP contribution >= 0.6 is 11.6 Å². The van der Waals surface area contributed by atoms with Crippen molar-refractivity contribution in [2.45, 2.75) is 71.9 Å². The van der Waals surface area contributed by atoms with Gasteiger partial charge in [-0.2, -0.15) is 0 Å². The van der Waals surface area contributed by atoms with Gasteiger partial charge in [-0.1, -0.05) is 56.6 Å². The van der Waals surface area contributed by atoms with Crippen LogP contribution in [0.5, 0.6) is 11.5 Å². The molecule has 3 aromatic carbocycles. The normalized spacial score (nSPS) is 12.9. The minimum absolute atomic E-state index is 0.0580. The number of carbonyl (C=O) groups excluding carboxylic acids is 2. The van der Waals surface area contributed by atoms with Crippen molar-refractivity contribution < 1.29 is 23.5 Å². The maximum Gasteiger partial charge on any atom is 0.269 e. The Morgan fingerprint density at radius 1 is 0.977 bits per heavy atom. The number of hydrazine groups is 1. The second-order valence-electron chi connectivity index (χ2n) is 12.3. The van der Waals surface area contributed by atoms with Crippen LogP contribution in [0.25, 0.3) is 4.85 Å². The highest BCUT2D eigenvalue weighted by molar-refractivity contribution is 6.74. The van der Waals surface area contributed by atoms with Crippen LogP contribution in [0, 0.1) is 19.4 Å². The molecule has 0 spiro atoms. The molecule has 0 aliphatic rings. The third-order valence-corrected chi connectivity index (χ3v) is 13.3. The summed E-state index contributed by atoms with van der Waals surface area (Å²) in [6.07, 6.45) is -0.129. The van der Waals surface area contributed by atoms with E-state index in [0.717, 1.165) is 22.4 Å². The van der Waals surface area contributed by atoms with Gasteiger partial charge in [0.1, 0.15) is 18.1 Å². The van der Waals surface area contributed by atoms with E-state index < -0.39 is 26.2 Å². The quantitative estimate of drug-likeness (QED) is 0.127. The van der Waals surface area contributed by atoms with Crippen molar-refractivity contribution in [3.63, 3.8) is 0 Å². The first kappa shape index (κ1) is 34.6. The van der Waals surface area contributed by atoms with Gasteiger partial charge in [0.05, 0.1) is 30.7 Å². The molecule has 44 heavy (non-hydrogen) atoms. The van der Waals surface area contributed by atoms with E-state index in [1.54, 1.807) is 37.4 Å². The molecule has 0 fully saturated rings. The van der Waals surface area contributed by atoms with Gasteiger partial charge in [0.15, 0.2) is 8.32 Å². The van der Waals surface area contributed by atoms with Crippen molar-refractivity contribution in [2.75, 3.05) is 7.11 Å². The van der Waals surface area contributed by atoms with Crippen molar-refractivity contribution in [2.24, 2.45) is 5.92 Å². The van der Waals surface area contributed by atoms with E-state index in [-0.39, 0.29) is 10.9 Å². The van der Waals surface area contributed by atoms with Gasteiger partial charge in [-0.05, 0) is 91.5 Å². The number of ether oxygens (including phenoxy) is 2. The molecule has 0 aliphatic carbocycles. The predicted octanol–water partition coefficient (Wildman–Crippen LogP) is 7.82. The molecule has 0 saturated carbocycles. The van der Waals surface area contributed by atoms with E-state index in [1.807, 2.05) is 44.2 Å². The number of nitrogens with one attached hydrogen (secondary N) is 2. The molecular weight excluding hydrogens is 594 g/mol. The molecule has 2 amide bonds. The number of hydrogen-bond acceptors (Lipinski definition) is 5. The molecular formula is C34H42ClN3O5Si. The molecule has 0 unspecified atom stereocenters. The summed E-state index contributed by atoms with van der Waals surface area (Å²) in [7, 11) is -0.601. The lowest BCUT2D eigenvalue weighted by molar-refractivity contribution is -0.128. The van der Waals surface area contributed by atoms with Gasteiger partial charge in [0.25, 0.3) is 5.91 Å². The predicted molar refractivity (Wildman–Crippen MR) is 177 cm³/mol. The second-order valence-corrected chi connectivity index (χ2v) is 17.4. The first-order chi connectivity index (χ1) is 20.7. The van der Waals surface area contributed by atoms with Gasteiger partial charge < -0.3 is 13.9 Å². The summed E-state index contributed by atoms with van der Waals surface area (Å²) in [6.45, 7) is 22.1. The third-order valence-electron chi connectivity index (χ3n) is 8.21. The Bertz CT molecular complexity index is 1500. The highest BCUT2D eigenvalue weighted by Gasteiger charge is 2.41. The fourth-order valence-corrected chi connectivity index (χ4v) is 6.00. The maximum atomic E-state index is 13.6. The van der Waals surface area contributed by atoms with Crippen molar-refractivity contribution in [3.8, 4) is 11.5 Å². The standard InChI is InChI=1S/C34H42ClN3O5Si/c1-22-26(14-19-30(36-6)31(22)35)20-29(23(2)43-44(8,9)34(3,4)5)33(40)38-37-32(39)25-12-17-28(18-13-25)42-21-24-10-15-27(41-7)16-11-24/h10-19,23,29H,20-21H2,1-5,7-9H3,(H,37,39)(H,38,40)/t23-,29+/m0/s1. The van der Waals surface area contributed by atoms with Gasteiger partial charge in [0, 0.05) is 5.56 Å². The Kier molecular flexibility index (Phi) is 11.6. The molecule has 0 bridgehead atoms. The molecule has 2 atom stereocenters. The Morgan fingerprint density at radius 2 is 1.59 bits per heavy atom. The van der Waals surface area contributed by atoms with Crippen LogP contribution in [0.4, 0.5) is 5.69 Å². The lowest BCUT2D eigenvalue weighted by atomic mass is 9.91. The van der Waals surface area contributed by atoms with Gasteiger partial charge in [-0.3, -0.25) is 20.4 Å². The summed E-state index contributed by atoms with van der Waals surface area (Å²) in [6, 6.07) is 17.8. The minimum atomic E-state index is -2.22. The fraction of sp³-hybridized carbons (Fsp3) is 0.382. The monoisotopic (exact) mass is 635 g/mol. The van der Waals surface area contributed by atoms with Crippen LogP contribution in [0.15, 0.2) is 60.7 Å². The molecule has 3 rings (SSSR count). The first-order valence-corrected chi connectivity index (χ1v) is 17.7. The number of rotatable bonds is 11. The van der Waals surface area contributed by atoms with E-state index in [0.29, 0.717) is 35.1 Å². The number of hydrogen-bond donors (Lipinski definition) is 2. The topological polar surface area (TPSA) is 90.3 Å². The Hall–Kier alpha value is -3.84. The number of amides is 2. The average Bonchev–Trinajstić information content (AvgIpc) is 2.99. The second kappa shape index (κ2) is 14.8. The largest absolute Gasteiger partial charge is 0.497 e. The maximum absolute atomic E-state index is 13.6. The summed E-state index contributed by atoms with van der Waals surface area (Å²) in [4.78, 5) is 30.0. The van der Waals surface area contributed by atoms with Crippen molar-refractivity contribution in [1.29, 1.82) is 0 Å². The number of nitrogens with zero attached hydrogens (tertiary/aromatic N) is 1. The van der Waals surface area contributed by atoms with E-state index in [1.165, 1.54) is 0 Å². The zero-order valence-electron chi connectivity index (χ0n) is 26.7. The molecule has 0 aliphatic heterocycles. The van der Waals surface area contributed by atoms with Crippen molar-refractivity contribution >= 4 is 37.4 Å². The average molecular weight is 636 g/mol. The summed E-state index contributed by atoms with van der Waals surface area (Å²) < 4.78 is 17.6. The smallest absolute Gasteiger partial charge is 0.269 e. The molecule has 10 heteroatoms. The van der Waals surface area contributed by atoms with E-state index >= 15 is 0 Å². The molecule has 3 aromatic rings. The van der Waals surface area contributed by atoms with E-state index in [4.69, 9.17) is 32.1 Å². The highest BCUT2D eigenvalue weighted by atomic mass is 35.5. The number of carbonyl (C=O) groups is 2. The van der Waals surface area contributed by atoms with Gasteiger partial charge in [-0.25, -0.2) is 4.85 Å². The molecule has 0 saturated heterocycles. The van der Waals surface area contributed by atoms with Crippen LogP contribution in [0.2, 0.25) is 23.2 Å². The molecule has 8 nitrogen and oxygen atoms in total. The van der Waals surface area contributed by atoms with Crippen LogP contribution in [0.1, 0.15) is 54.7 Å². The molecule has 234 valence electrons. The number of benzene rings is 3. The molecule has 0 radical (unpaired) electrons. The Morgan fingerprint density at radius 3 is 2.16 bits per heavy atom. The van der Waals surface area contributed by atoms with Gasteiger partial charge >= 0.3 is 0 Å². The van der Waals surface area contributed by atoms with Crippen LogP contribution in [0.3, 0.4) is 0 Å². The summed E-state index contributed by atoms with van der Waals surface area (Å²) in [5.41, 5.74) is 8.45. The lowest BCUT2D eigenvalue weighted by Crippen LogP contribution is -2.51. The Labute approximate surface area is 267 Å². The Balaban J connectivity index is 1.70. The highest BCUT2D eigenvalue weighted by Crippen LogP contribution is 2.39. The summed E-state index contributed by atoms with van der Waals surface area (Å²) in [5, 5.41) is 0.316. The van der Waals surface area contributed by atoms with Crippen LogP contribution in [-0.2, 0) is 22.2 Å². The number of methoxy groups -OCH3 is 1. The zero-order valence-corrected chi connectivity index (χ0v) is 28.5. The van der Waals surface area contributed by atoms with Crippen LogP contribution < -0.4 is 20.3 Å². The van der Waals surface area contributed by atoms with Crippen molar-refractivity contribution in [3.05, 3.63) is 99.4 Å². The first-order valence-electron chi connectivity index (χ1n) is 14.5. The van der Waals surface area contributed by atoms with E-state index in [2.05, 4.69) is 49.6 Å². The van der Waals surface area contributed by atoms with Crippen molar-refractivity contribution in [1.82, 2.24) is 10.9 Å². The third kappa shape index (κ3) is 8.85. The number of halogens is 1. The fourth-order valence-electron chi connectivity index (χ4n) is 4.32. The molecule has 0 aromatic heterocycles. The summed E-state index contributed by atoms with van der Waals surface area (Å²) in [5.74, 6) is -0.0934. The van der Waals surface area contributed by atoms with Gasteiger partial charge in [0.2, 0.25) is 11.6 Å². The lowest BCUT2D eigenvalue weighted by Gasteiger charge is -2.40. The minimum Gasteiger partial charge on any atom is -0.497 e. The van der Waals surface area contributed by atoms with Crippen LogP contribution in [-0.4, -0.2) is 33.3 Å². The SMILES string of the molecule is [C-]#[N+]c1ccc(C[C@@H](C(=O)NNC(=O)c2ccc(OCc3ccc(OC)cc3)cc2)[C@H](C)O[Si](C)(C)C(C)(C)C)c(C)c1Cl. The molecule has 0 heterocycles. The molecule has 2 N–H and O–H groups in total. The van der Waals surface area contributed by atoms with E-state index in [9.17, 15) is 9.59 Å².